The lowest BCUT2D eigenvalue weighted by Crippen LogP contribution is -1.91. The van der Waals surface area contributed by atoms with E-state index < -0.39 is 0 Å². The van der Waals surface area contributed by atoms with E-state index in [1.165, 1.54) is 0 Å². The summed E-state index contributed by atoms with van der Waals surface area (Å²) in [6.45, 7) is 1.97. The average Bonchev–Trinajstić information content (AvgIpc) is 2.68. The molecule has 17 heavy (non-hydrogen) atoms. The van der Waals surface area contributed by atoms with Crippen molar-refractivity contribution in [1.82, 2.24) is 14.6 Å². The molecule has 0 radical (unpaired) electrons. The van der Waals surface area contributed by atoms with Gasteiger partial charge in [-0.25, -0.2) is 9.50 Å². The van der Waals surface area contributed by atoms with Gasteiger partial charge < -0.3 is 0 Å². The van der Waals surface area contributed by atoms with Crippen LogP contribution < -0.4 is 0 Å². The third kappa shape index (κ3) is 1.96. The number of hydrogen-bond donors (Lipinski definition) is 0. The van der Waals surface area contributed by atoms with Crippen LogP contribution in [-0.4, -0.2) is 14.6 Å². The molecule has 0 atom stereocenters. The van der Waals surface area contributed by atoms with Crippen molar-refractivity contribution in [1.29, 1.82) is 0 Å². The van der Waals surface area contributed by atoms with Gasteiger partial charge in [0, 0.05) is 28.5 Å². The Morgan fingerprint density at radius 2 is 2.06 bits per heavy atom. The molecule has 0 saturated carbocycles. The first-order valence-electron chi connectivity index (χ1n) is 5.30. The molecule has 4 heteroatoms. The first kappa shape index (κ1) is 10.5. The molecular weight excluding hydrogens is 278 g/mol. The van der Waals surface area contributed by atoms with Gasteiger partial charge in [0.1, 0.15) is 0 Å². The van der Waals surface area contributed by atoms with Crippen molar-refractivity contribution >= 4 is 21.6 Å². The maximum atomic E-state index is 4.39. The molecule has 0 N–H and O–H groups in total. The SMILES string of the molecule is Cc1cc2ncc(-c3cccc(Br)c3)cn2n1. The zero-order chi connectivity index (χ0) is 11.8. The van der Waals surface area contributed by atoms with Crippen LogP contribution in [-0.2, 0) is 0 Å². The Morgan fingerprint density at radius 1 is 1.18 bits per heavy atom. The number of benzene rings is 1. The molecule has 3 rings (SSSR count). The summed E-state index contributed by atoms with van der Waals surface area (Å²) in [4.78, 5) is 4.39. The van der Waals surface area contributed by atoms with Crippen LogP contribution in [0.4, 0.5) is 0 Å². The minimum atomic E-state index is 0.876. The topological polar surface area (TPSA) is 30.2 Å². The summed E-state index contributed by atoms with van der Waals surface area (Å²) in [5.74, 6) is 0. The number of nitrogens with zero attached hydrogens (tertiary/aromatic N) is 3. The van der Waals surface area contributed by atoms with Crippen LogP contribution in [0.1, 0.15) is 5.69 Å². The first-order chi connectivity index (χ1) is 8.22. The van der Waals surface area contributed by atoms with E-state index in [1.807, 2.05) is 42.0 Å². The Morgan fingerprint density at radius 3 is 2.88 bits per heavy atom. The van der Waals surface area contributed by atoms with Gasteiger partial charge in [0.25, 0.3) is 0 Å². The van der Waals surface area contributed by atoms with Gasteiger partial charge in [-0.05, 0) is 24.6 Å². The Hall–Kier alpha value is -1.68. The molecule has 0 saturated heterocycles. The fraction of sp³-hybridized carbons (Fsp3) is 0.0769. The second-order valence-electron chi connectivity index (χ2n) is 3.94. The lowest BCUT2D eigenvalue weighted by atomic mass is 10.1. The summed E-state index contributed by atoms with van der Waals surface area (Å²) in [5.41, 5.74) is 4.04. The van der Waals surface area contributed by atoms with Crippen LogP contribution in [0, 0.1) is 6.92 Å². The summed E-state index contributed by atoms with van der Waals surface area (Å²) in [5, 5.41) is 4.36. The van der Waals surface area contributed by atoms with E-state index in [4.69, 9.17) is 0 Å². The molecular formula is C13H10BrN3. The molecule has 0 bridgehead atoms. The number of aromatic nitrogens is 3. The molecule has 0 amide bonds. The van der Waals surface area contributed by atoms with Gasteiger partial charge in [0.2, 0.25) is 0 Å². The molecule has 1 aromatic carbocycles. The van der Waals surface area contributed by atoms with E-state index in [9.17, 15) is 0 Å². The fourth-order valence-electron chi connectivity index (χ4n) is 1.81. The smallest absolute Gasteiger partial charge is 0.155 e. The van der Waals surface area contributed by atoms with E-state index in [0.29, 0.717) is 0 Å². The van der Waals surface area contributed by atoms with E-state index in [-0.39, 0.29) is 0 Å². The van der Waals surface area contributed by atoms with Gasteiger partial charge in [-0.1, -0.05) is 28.1 Å². The van der Waals surface area contributed by atoms with Crippen molar-refractivity contribution in [2.75, 3.05) is 0 Å². The standard InChI is InChI=1S/C13H10BrN3/c1-9-5-13-15-7-11(8-17(13)16-9)10-3-2-4-12(14)6-10/h2-8H,1H3. The van der Waals surface area contributed by atoms with Crippen molar-refractivity contribution in [3.8, 4) is 11.1 Å². The molecule has 84 valence electrons. The minimum absolute atomic E-state index is 0.876. The number of aryl methyl sites for hydroxylation is 1. The quantitative estimate of drug-likeness (QED) is 0.686. The second-order valence-corrected chi connectivity index (χ2v) is 4.86. The van der Waals surface area contributed by atoms with Gasteiger partial charge in [0.05, 0.1) is 5.69 Å². The molecule has 0 aliphatic carbocycles. The molecule has 0 aliphatic heterocycles. The Bertz CT molecular complexity index is 688. The van der Waals surface area contributed by atoms with Crippen LogP contribution in [0.3, 0.4) is 0 Å². The zero-order valence-corrected chi connectivity index (χ0v) is 10.8. The van der Waals surface area contributed by atoms with Crippen molar-refractivity contribution < 1.29 is 0 Å². The zero-order valence-electron chi connectivity index (χ0n) is 9.26. The number of fused-ring (bicyclic) bond motifs is 1. The van der Waals surface area contributed by atoms with Gasteiger partial charge >= 0.3 is 0 Å². The van der Waals surface area contributed by atoms with E-state index in [1.54, 1.807) is 0 Å². The summed E-state index contributed by atoms with van der Waals surface area (Å²) >= 11 is 3.47. The van der Waals surface area contributed by atoms with E-state index in [0.717, 1.165) is 26.9 Å². The molecule has 0 aliphatic rings. The highest BCUT2D eigenvalue weighted by Crippen LogP contribution is 2.22. The molecule has 0 unspecified atom stereocenters. The second kappa shape index (κ2) is 3.96. The number of rotatable bonds is 1. The van der Waals surface area contributed by atoms with Crippen molar-refractivity contribution in [3.63, 3.8) is 0 Å². The molecule has 0 fully saturated rings. The summed E-state index contributed by atoms with van der Waals surface area (Å²) in [6, 6.07) is 10.1. The normalized spacial score (nSPS) is 10.9. The monoisotopic (exact) mass is 287 g/mol. The van der Waals surface area contributed by atoms with Crippen LogP contribution >= 0.6 is 15.9 Å². The molecule has 2 heterocycles. The van der Waals surface area contributed by atoms with Gasteiger partial charge in [0.15, 0.2) is 5.65 Å². The van der Waals surface area contributed by atoms with Crippen LogP contribution in [0.25, 0.3) is 16.8 Å². The number of halogens is 1. The summed E-state index contributed by atoms with van der Waals surface area (Å²) in [7, 11) is 0. The maximum absolute atomic E-state index is 4.39. The third-order valence-corrected chi connectivity index (χ3v) is 3.09. The Balaban J connectivity index is 2.17. The predicted molar refractivity (Wildman–Crippen MR) is 70.9 cm³/mol. The predicted octanol–water partition coefficient (Wildman–Crippen LogP) is 3.47. The fourth-order valence-corrected chi connectivity index (χ4v) is 2.21. The summed E-state index contributed by atoms with van der Waals surface area (Å²) < 4.78 is 2.87. The van der Waals surface area contributed by atoms with Gasteiger partial charge in [-0.15, -0.1) is 0 Å². The van der Waals surface area contributed by atoms with Crippen molar-refractivity contribution in [2.24, 2.45) is 0 Å². The van der Waals surface area contributed by atoms with Gasteiger partial charge in [-0.2, -0.15) is 5.10 Å². The van der Waals surface area contributed by atoms with Crippen molar-refractivity contribution in [2.45, 2.75) is 6.92 Å². The number of hydrogen-bond acceptors (Lipinski definition) is 2. The Kier molecular flexibility index (Phi) is 2.44. The van der Waals surface area contributed by atoms with Crippen LogP contribution in [0.2, 0.25) is 0 Å². The molecule has 3 aromatic rings. The highest BCUT2D eigenvalue weighted by Gasteiger charge is 2.03. The van der Waals surface area contributed by atoms with E-state index >= 15 is 0 Å². The first-order valence-corrected chi connectivity index (χ1v) is 6.10. The lowest BCUT2D eigenvalue weighted by Gasteiger charge is -2.02. The van der Waals surface area contributed by atoms with Crippen molar-refractivity contribution in [3.05, 3.63) is 52.9 Å². The highest BCUT2D eigenvalue weighted by molar-refractivity contribution is 9.10. The van der Waals surface area contributed by atoms with E-state index in [2.05, 4.69) is 38.1 Å². The van der Waals surface area contributed by atoms with Crippen LogP contribution in [0.15, 0.2) is 47.2 Å². The largest absolute Gasteiger partial charge is 0.236 e. The van der Waals surface area contributed by atoms with Gasteiger partial charge in [-0.3, -0.25) is 0 Å². The maximum Gasteiger partial charge on any atom is 0.155 e. The summed E-state index contributed by atoms with van der Waals surface area (Å²) in [6.07, 6.45) is 3.87. The van der Waals surface area contributed by atoms with Crippen LogP contribution in [0.5, 0.6) is 0 Å². The Labute approximate surface area is 107 Å². The molecule has 3 nitrogen and oxygen atoms in total. The molecule has 2 aromatic heterocycles. The lowest BCUT2D eigenvalue weighted by molar-refractivity contribution is 0.919. The minimum Gasteiger partial charge on any atom is -0.236 e. The molecule has 0 spiro atoms. The third-order valence-electron chi connectivity index (χ3n) is 2.59. The highest BCUT2D eigenvalue weighted by atomic mass is 79.9. The average molecular weight is 288 g/mol.